The van der Waals surface area contributed by atoms with E-state index in [9.17, 15) is 22.0 Å². The van der Waals surface area contributed by atoms with Crippen molar-refractivity contribution in [2.45, 2.75) is 62.6 Å². The van der Waals surface area contributed by atoms with Crippen LogP contribution in [0.4, 0.5) is 23.7 Å². The highest BCUT2D eigenvalue weighted by molar-refractivity contribution is 7.89. The largest absolute Gasteiger partial charge is 0.366 e. The van der Waals surface area contributed by atoms with Crippen molar-refractivity contribution in [3.8, 4) is 10.8 Å². The number of pyridine rings is 1. The van der Waals surface area contributed by atoms with Crippen molar-refractivity contribution in [3.63, 3.8) is 0 Å². The number of urea groups is 1. The lowest BCUT2D eigenvalue weighted by Crippen LogP contribution is -2.61. The molecule has 2 amide bonds. The van der Waals surface area contributed by atoms with Crippen LogP contribution in [0.15, 0.2) is 17.2 Å². The zero-order valence-corrected chi connectivity index (χ0v) is 26.5. The lowest BCUT2D eigenvalue weighted by atomic mass is 10.1. The van der Waals surface area contributed by atoms with Crippen molar-refractivity contribution in [2.75, 3.05) is 52.2 Å². The molecular weight excluding hydrogens is 607 g/mol. The highest BCUT2D eigenvalue weighted by atomic mass is 32.2. The molecule has 2 fully saturated rings. The van der Waals surface area contributed by atoms with Crippen molar-refractivity contribution in [2.24, 2.45) is 0 Å². The molecule has 0 bridgehead atoms. The van der Waals surface area contributed by atoms with Gasteiger partial charge in [0.1, 0.15) is 10.4 Å². The van der Waals surface area contributed by atoms with Gasteiger partial charge in [0.05, 0.1) is 5.69 Å². The number of alkyl halides is 2. The fourth-order valence-corrected chi connectivity index (χ4v) is 7.46. The van der Waals surface area contributed by atoms with Crippen molar-refractivity contribution in [1.82, 2.24) is 39.0 Å². The van der Waals surface area contributed by atoms with Gasteiger partial charge in [-0.3, -0.25) is 4.40 Å². The predicted molar refractivity (Wildman–Crippen MR) is 157 cm³/mol. The fraction of sp³-hybridized carbons (Fsp3) is 0.615. The third-order valence-electron chi connectivity index (χ3n) is 7.85. The molecule has 2 aliphatic rings. The molecular formula is C26H36F3N9O3S2. The van der Waals surface area contributed by atoms with Gasteiger partial charge >= 0.3 is 6.03 Å². The molecule has 43 heavy (non-hydrogen) atoms. The number of hydrogen-bond donors (Lipinski definition) is 1. The number of halogens is 3. The summed E-state index contributed by atoms with van der Waals surface area (Å²) >= 11 is 0.557. The second-order valence-electron chi connectivity index (χ2n) is 11.9. The van der Waals surface area contributed by atoms with Gasteiger partial charge in [-0.1, -0.05) is 11.3 Å². The smallest absolute Gasteiger partial charge is 0.320 e. The number of piperazine rings is 1. The van der Waals surface area contributed by atoms with E-state index in [2.05, 4.69) is 19.9 Å². The molecule has 1 saturated heterocycles. The lowest BCUT2D eigenvalue weighted by Gasteiger charge is -2.46. The summed E-state index contributed by atoms with van der Waals surface area (Å²) in [6, 6.07) is 0.671. The molecule has 1 N–H and O–H groups in total. The van der Waals surface area contributed by atoms with Crippen LogP contribution >= 0.6 is 11.3 Å². The van der Waals surface area contributed by atoms with E-state index in [0.717, 1.165) is 0 Å². The second kappa shape index (κ2) is 11.5. The summed E-state index contributed by atoms with van der Waals surface area (Å²) in [5.74, 6) is -1.04. The number of anilines is 1. The van der Waals surface area contributed by atoms with Crippen LogP contribution < -0.4 is 9.62 Å². The number of rotatable bonds is 9. The topological polar surface area (TPSA) is 119 Å². The maximum atomic E-state index is 15.6. The number of carbonyl (C=O) groups is 1. The number of sulfonamides is 1. The molecule has 5 rings (SSSR count). The van der Waals surface area contributed by atoms with Crippen molar-refractivity contribution in [3.05, 3.63) is 23.2 Å². The van der Waals surface area contributed by atoms with Gasteiger partial charge in [-0.25, -0.2) is 26.7 Å². The first kappa shape index (κ1) is 31.4. The Bertz CT molecular complexity index is 1610. The molecule has 3 aromatic heterocycles. The van der Waals surface area contributed by atoms with E-state index < -0.39 is 32.9 Å². The number of fused-ring (bicyclic) bond motifs is 1. The number of nitrogens with zero attached hydrogens (tertiary/aromatic N) is 8. The van der Waals surface area contributed by atoms with Crippen LogP contribution in [0.25, 0.3) is 16.3 Å². The Kier molecular flexibility index (Phi) is 8.39. The fourth-order valence-electron chi connectivity index (χ4n) is 5.29. The molecule has 17 heteroatoms. The van der Waals surface area contributed by atoms with Crippen molar-refractivity contribution in [1.29, 1.82) is 0 Å². The molecule has 2 atom stereocenters. The summed E-state index contributed by atoms with van der Waals surface area (Å²) < 4.78 is 73.2. The first-order chi connectivity index (χ1) is 20.1. The van der Waals surface area contributed by atoms with Crippen LogP contribution in [0, 0.1) is 5.95 Å². The second-order valence-corrected chi connectivity index (χ2v) is 14.6. The number of aromatic nitrogens is 4. The van der Waals surface area contributed by atoms with Gasteiger partial charge in [-0.05, 0) is 53.8 Å². The minimum atomic E-state index is -4.06. The number of nitrogens with one attached hydrogen (secondary N) is 1. The minimum absolute atomic E-state index is 0.0253. The quantitative estimate of drug-likeness (QED) is 0.378. The van der Waals surface area contributed by atoms with Crippen LogP contribution in [0.3, 0.4) is 0 Å². The van der Waals surface area contributed by atoms with Gasteiger partial charge < -0.3 is 19.6 Å². The van der Waals surface area contributed by atoms with Gasteiger partial charge in [0.15, 0.2) is 15.8 Å². The zero-order valence-electron chi connectivity index (χ0n) is 24.9. The maximum absolute atomic E-state index is 15.6. The normalized spacial score (nSPS) is 20.4. The Morgan fingerprint density at radius 2 is 1.81 bits per heavy atom. The average molecular weight is 644 g/mol. The Morgan fingerprint density at radius 3 is 2.37 bits per heavy atom. The van der Waals surface area contributed by atoms with Crippen LogP contribution in [0.2, 0.25) is 0 Å². The highest BCUT2D eigenvalue weighted by Gasteiger charge is 2.42. The first-order valence-corrected chi connectivity index (χ1v) is 16.2. The molecule has 1 saturated carbocycles. The number of likely N-dealkylation sites (N-methyl/N-ethyl adjacent to an activating group) is 2. The highest BCUT2D eigenvalue weighted by Crippen LogP contribution is 2.38. The van der Waals surface area contributed by atoms with E-state index in [1.807, 2.05) is 37.7 Å². The molecule has 1 aliphatic carbocycles. The summed E-state index contributed by atoms with van der Waals surface area (Å²) in [6.45, 7) is 7.40. The van der Waals surface area contributed by atoms with Gasteiger partial charge in [-0.2, -0.15) is 9.37 Å². The minimum Gasteiger partial charge on any atom is -0.366 e. The summed E-state index contributed by atoms with van der Waals surface area (Å²) in [6.07, 6.45) is -0.280. The van der Waals surface area contributed by atoms with E-state index in [0.29, 0.717) is 37.3 Å². The molecule has 4 heterocycles. The molecule has 0 radical (unpaired) electrons. The number of amides is 2. The zero-order chi connectivity index (χ0) is 31.4. The monoisotopic (exact) mass is 643 g/mol. The van der Waals surface area contributed by atoms with E-state index in [1.165, 1.54) is 16.7 Å². The van der Waals surface area contributed by atoms with E-state index in [-0.39, 0.29) is 58.1 Å². The Balaban J connectivity index is 1.56. The average Bonchev–Trinajstić information content (AvgIpc) is 3.30. The van der Waals surface area contributed by atoms with Crippen LogP contribution in [-0.2, 0) is 10.0 Å². The van der Waals surface area contributed by atoms with Gasteiger partial charge in [0.25, 0.3) is 6.43 Å². The summed E-state index contributed by atoms with van der Waals surface area (Å²) in [7, 11) is 1.56. The third kappa shape index (κ3) is 6.30. The summed E-state index contributed by atoms with van der Waals surface area (Å²) in [5.41, 5.74) is -0.344. The molecule has 0 aromatic carbocycles. The van der Waals surface area contributed by atoms with Gasteiger partial charge in [0.2, 0.25) is 16.0 Å². The number of imidazole rings is 1. The lowest BCUT2D eigenvalue weighted by molar-refractivity contribution is 0.112. The first-order valence-electron chi connectivity index (χ1n) is 13.9. The van der Waals surface area contributed by atoms with Gasteiger partial charge in [0, 0.05) is 57.0 Å². The Labute approximate surface area is 252 Å². The van der Waals surface area contributed by atoms with E-state index in [1.54, 1.807) is 23.8 Å². The molecule has 3 aromatic rings. The Morgan fingerprint density at radius 1 is 1.16 bits per heavy atom. The molecule has 12 nitrogen and oxygen atoms in total. The standard InChI is InChI=1S/C26H36F3N9O3S2/c1-15-12-36(13-16(2)38(15)25(39)35(6)10-9-34(4)5)18-11-17(43(40,41)33-26(3)7-8-26)14-37-19(18)21(29)30-22(37)24-32-31-23(42-24)20(27)28/h11,14-16,20,33H,7-10,12-13H2,1-6H3/t15-,16-/m1/s1. The van der Waals surface area contributed by atoms with Crippen molar-refractivity contribution >= 4 is 38.6 Å². The molecule has 0 unspecified atom stereocenters. The predicted octanol–water partition coefficient (Wildman–Crippen LogP) is 3.27. The van der Waals surface area contributed by atoms with E-state index in [4.69, 9.17) is 0 Å². The molecule has 0 spiro atoms. The summed E-state index contributed by atoms with van der Waals surface area (Å²) in [4.78, 5) is 24.5. The van der Waals surface area contributed by atoms with Gasteiger partial charge in [-0.15, -0.1) is 10.2 Å². The van der Waals surface area contributed by atoms with Crippen LogP contribution in [0.1, 0.15) is 45.0 Å². The summed E-state index contributed by atoms with van der Waals surface area (Å²) in [5, 5.41) is 6.63. The van der Waals surface area contributed by atoms with Crippen LogP contribution in [-0.4, -0.2) is 114 Å². The molecule has 1 aliphatic heterocycles. The SMILES string of the molecule is C[C@@H]1CN(c2cc(S(=O)(=O)NC3(C)CC3)cn3c(-c4nnc(C(F)F)s4)nc(F)c23)C[C@@H](C)N1C(=O)N(C)CCN(C)C. The third-order valence-corrected chi connectivity index (χ3v) is 10.4. The number of carbonyl (C=O) groups excluding carboxylic acids is 1. The van der Waals surface area contributed by atoms with Crippen LogP contribution in [0.5, 0.6) is 0 Å². The van der Waals surface area contributed by atoms with Crippen molar-refractivity contribution < 1.29 is 26.4 Å². The number of hydrogen-bond acceptors (Lipinski definition) is 9. The Hall–Kier alpha value is -3.02. The maximum Gasteiger partial charge on any atom is 0.320 e. The molecule has 236 valence electrons. The van der Waals surface area contributed by atoms with E-state index >= 15 is 4.39 Å².